The van der Waals surface area contributed by atoms with E-state index in [-0.39, 0.29) is 23.9 Å². The summed E-state index contributed by atoms with van der Waals surface area (Å²) in [6, 6.07) is 4.82. The van der Waals surface area contributed by atoms with E-state index in [0.29, 0.717) is 30.9 Å². The molecule has 1 amide bonds. The normalized spacial score (nSPS) is 17.2. The summed E-state index contributed by atoms with van der Waals surface area (Å²) in [6.45, 7) is 2.39. The van der Waals surface area contributed by atoms with Crippen molar-refractivity contribution in [1.29, 1.82) is 0 Å². The number of halogens is 3. The lowest BCUT2D eigenvalue weighted by atomic mass is 9.96. The van der Waals surface area contributed by atoms with E-state index in [4.69, 9.17) is 4.52 Å². The minimum absolute atomic E-state index is 0.211. The molecule has 1 unspecified atom stereocenters. The van der Waals surface area contributed by atoms with Gasteiger partial charge in [0.2, 0.25) is 0 Å². The van der Waals surface area contributed by atoms with E-state index in [1.807, 2.05) is 0 Å². The number of carbonyl (C=O) groups is 1. The molecule has 1 aliphatic rings. The van der Waals surface area contributed by atoms with Crippen LogP contribution in [0.1, 0.15) is 46.2 Å². The number of carbonyl (C=O) groups excluding carboxylic acids is 1. The molecule has 1 aromatic carbocycles. The third-order valence-corrected chi connectivity index (χ3v) is 4.98. The monoisotopic (exact) mass is 417 g/mol. The molecule has 3 heterocycles. The fourth-order valence-electron chi connectivity index (χ4n) is 3.47. The van der Waals surface area contributed by atoms with Crippen molar-refractivity contribution >= 4 is 5.91 Å². The number of aryl methyl sites for hydroxylation is 1. The van der Waals surface area contributed by atoms with Crippen molar-refractivity contribution in [3.63, 3.8) is 0 Å². The number of likely N-dealkylation sites (tertiary alicyclic amines) is 1. The third kappa shape index (κ3) is 4.03. The zero-order valence-corrected chi connectivity index (χ0v) is 16.1. The zero-order chi connectivity index (χ0) is 21.3. The molecule has 156 valence electrons. The Bertz CT molecular complexity index is 1050. The summed E-state index contributed by atoms with van der Waals surface area (Å²) >= 11 is 0. The molecule has 2 aromatic heterocycles. The molecule has 3 aromatic rings. The molecular formula is C20H18F3N5O2. The molecule has 1 aliphatic heterocycles. The van der Waals surface area contributed by atoms with E-state index in [1.165, 1.54) is 29.3 Å². The van der Waals surface area contributed by atoms with Gasteiger partial charge in [0.05, 0.1) is 23.0 Å². The molecule has 4 rings (SSSR count). The van der Waals surface area contributed by atoms with Crippen molar-refractivity contribution < 1.29 is 22.5 Å². The number of hydrogen-bond donors (Lipinski definition) is 0. The van der Waals surface area contributed by atoms with Crippen LogP contribution in [0, 0.1) is 6.92 Å². The smallest absolute Gasteiger partial charge is 0.338 e. The van der Waals surface area contributed by atoms with Crippen molar-refractivity contribution in [3.8, 4) is 11.6 Å². The van der Waals surface area contributed by atoms with Crippen molar-refractivity contribution in [2.45, 2.75) is 31.9 Å². The summed E-state index contributed by atoms with van der Waals surface area (Å²) in [5.74, 6) is -0.283. The van der Waals surface area contributed by atoms with E-state index in [2.05, 4.69) is 20.1 Å². The van der Waals surface area contributed by atoms with Crippen LogP contribution < -0.4 is 0 Å². The molecule has 1 fully saturated rings. The van der Waals surface area contributed by atoms with Gasteiger partial charge in [-0.2, -0.15) is 18.2 Å². The number of hydrogen-bond acceptors (Lipinski definition) is 6. The lowest BCUT2D eigenvalue weighted by molar-refractivity contribution is -0.138. The maximum Gasteiger partial charge on any atom is 0.417 e. The van der Waals surface area contributed by atoms with Crippen molar-refractivity contribution in [2.75, 3.05) is 13.1 Å². The Morgan fingerprint density at radius 1 is 1.20 bits per heavy atom. The quantitative estimate of drug-likeness (QED) is 0.643. The molecule has 10 heteroatoms. The van der Waals surface area contributed by atoms with E-state index in [1.54, 1.807) is 13.1 Å². The first kappa shape index (κ1) is 20.0. The number of rotatable bonds is 3. The van der Waals surface area contributed by atoms with E-state index >= 15 is 0 Å². The maximum absolute atomic E-state index is 13.3. The number of benzene rings is 1. The molecule has 0 aliphatic carbocycles. The Hall–Kier alpha value is -3.30. The van der Waals surface area contributed by atoms with Crippen LogP contribution in [0.15, 0.2) is 41.2 Å². The number of amides is 1. The lowest BCUT2D eigenvalue weighted by Gasteiger charge is -2.32. The minimum atomic E-state index is -4.60. The molecule has 0 bridgehead atoms. The third-order valence-electron chi connectivity index (χ3n) is 4.98. The van der Waals surface area contributed by atoms with E-state index < -0.39 is 17.6 Å². The predicted molar refractivity (Wildman–Crippen MR) is 99.4 cm³/mol. The molecule has 0 N–H and O–H groups in total. The topological polar surface area (TPSA) is 85.0 Å². The Morgan fingerprint density at radius 2 is 2.00 bits per heavy atom. The summed E-state index contributed by atoms with van der Waals surface area (Å²) in [4.78, 5) is 27.0. The largest absolute Gasteiger partial charge is 0.417 e. The molecule has 7 nitrogen and oxygen atoms in total. The highest BCUT2D eigenvalue weighted by atomic mass is 19.4. The Morgan fingerprint density at radius 3 is 2.73 bits per heavy atom. The average molecular weight is 417 g/mol. The highest BCUT2D eigenvalue weighted by Crippen LogP contribution is 2.34. The average Bonchev–Trinajstić information content (AvgIpc) is 3.23. The van der Waals surface area contributed by atoms with Crippen molar-refractivity contribution in [1.82, 2.24) is 25.0 Å². The summed E-state index contributed by atoms with van der Waals surface area (Å²) in [5.41, 5.74) is -0.104. The van der Waals surface area contributed by atoms with E-state index in [9.17, 15) is 18.0 Å². The SMILES string of the molecule is Cc1cnc(-c2nc(C3CCCN(C(=O)c4ccccc4C(F)(F)F)C3)no2)cn1. The Balaban J connectivity index is 1.53. The first-order chi connectivity index (χ1) is 14.3. The van der Waals surface area contributed by atoms with Crippen LogP contribution >= 0.6 is 0 Å². The van der Waals surface area contributed by atoms with Crippen LogP contribution in [0.4, 0.5) is 13.2 Å². The van der Waals surface area contributed by atoms with E-state index in [0.717, 1.165) is 11.8 Å². The summed E-state index contributed by atoms with van der Waals surface area (Å²) in [5, 5.41) is 3.99. The molecular weight excluding hydrogens is 399 g/mol. The predicted octanol–water partition coefficient (Wildman–Crippen LogP) is 3.87. The van der Waals surface area contributed by atoms with Gasteiger partial charge in [0, 0.05) is 25.2 Å². The number of aromatic nitrogens is 4. The van der Waals surface area contributed by atoms with Gasteiger partial charge in [-0.25, -0.2) is 4.98 Å². The first-order valence-corrected chi connectivity index (χ1v) is 9.41. The van der Waals surface area contributed by atoms with Crippen molar-refractivity contribution in [2.24, 2.45) is 0 Å². The second-order valence-corrected chi connectivity index (χ2v) is 7.13. The second kappa shape index (κ2) is 7.85. The summed E-state index contributed by atoms with van der Waals surface area (Å²) in [7, 11) is 0. The number of alkyl halides is 3. The van der Waals surface area contributed by atoms with Crippen LogP contribution in [0.2, 0.25) is 0 Å². The zero-order valence-electron chi connectivity index (χ0n) is 16.1. The molecule has 30 heavy (non-hydrogen) atoms. The van der Waals surface area contributed by atoms with Gasteiger partial charge in [-0.3, -0.25) is 9.78 Å². The fourth-order valence-corrected chi connectivity index (χ4v) is 3.47. The Kier molecular flexibility index (Phi) is 5.23. The van der Waals surface area contributed by atoms with Crippen LogP contribution in [0.25, 0.3) is 11.6 Å². The molecule has 1 atom stereocenters. The summed E-state index contributed by atoms with van der Waals surface area (Å²) < 4.78 is 45.1. The van der Waals surface area contributed by atoms with Gasteiger partial charge in [0.15, 0.2) is 5.82 Å². The molecule has 1 saturated heterocycles. The van der Waals surface area contributed by atoms with Crippen LogP contribution in [0.5, 0.6) is 0 Å². The van der Waals surface area contributed by atoms with Crippen LogP contribution in [-0.4, -0.2) is 44.0 Å². The van der Waals surface area contributed by atoms with Gasteiger partial charge in [-0.1, -0.05) is 17.3 Å². The highest BCUT2D eigenvalue weighted by molar-refractivity contribution is 5.96. The van der Waals surface area contributed by atoms with Gasteiger partial charge in [0.1, 0.15) is 5.69 Å². The maximum atomic E-state index is 13.3. The van der Waals surface area contributed by atoms with Gasteiger partial charge >= 0.3 is 6.18 Å². The van der Waals surface area contributed by atoms with Gasteiger partial charge in [0.25, 0.3) is 11.8 Å². The minimum Gasteiger partial charge on any atom is -0.338 e. The molecule has 0 saturated carbocycles. The Labute approximate surface area is 170 Å². The van der Waals surface area contributed by atoms with Gasteiger partial charge in [-0.05, 0) is 31.9 Å². The van der Waals surface area contributed by atoms with Crippen LogP contribution in [-0.2, 0) is 6.18 Å². The number of piperidine rings is 1. The lowest BCUT2D eigenvalue weighted by Crippen LogP contribution is -2.40. The number of nitrogens with zero attached hydrogens (tertiary/aromatic N) is 5. The standard InChI is InChI=1S/C20H18F3N5O2/c1-12-9-25-16(10-24-12)18-26-17(27-30-18)13-5-4-8-28(11-13)19(29)14-6-2-3-7-15(14)20(21,22)23/h2-3,6-7,9-10,13H,4-5,8,11H2,1H3. The van der Waals surface area contributed by atoms with Crippen molar-refractivity contribution in [3.05, 3.63) is 59.3 Å². The van der Waals surface area contributed by atoms with Crippen LogP contribution in [0.3, 0.4) is 0 Å². The molecule has 0 radical (unpaired) electrons. The fraction of sp³-hybridized carbons (Fsp3) is 0.350. The highest BCUT2D eigenvalue weighted by Gasteiger charge is 2.37. The second-order valence-electron chi connectivity index (χ2n) is 7.13. The van der Waals surface area contributed by atoms with Gasteiger partial charge < -0.3 is 9.42 Å². The molecule has 0 spiro atoms. The summed E-state index contributed by atoms with van der Waals surface area (Å²) in [6.07, 6.45) is -0.170. The first-order valence-electron chi connectivity index (χ1n) is 9.41. The van der Waals surface area contributed by atoms with Gasteiger partial charge in [-0.15, -0.1) is 0 Å².